The van der Waals surface area contributed by atoms with Crippen molar-refractivity contribution in [2.75, 3.05) is 0 Å². The van der Waals surface area contributed by atoms with E-state index in [0.717, 1.165) is 31.4 Å². The van der Waals surface area contributed by atoms with Gasteiger partial charge in [0.25, 0.3) is 5.91 Å². The van der Waals surface area contributed by atoms with Crippen LogP contribution in [0.25, 0.3) is 5.69 Å². The summed E-state index contributed by atoms with van der Waals surface area (Å²) in [7, 11) is 0. The number of carbonyl (C=O) groups excluding carboxylic acids is 2. The van der Waals surface area contributed by atoms with E-state index in [4.69, 9.17) is 0 Å². The van der Waals surface area contributed by atoms with E-state index in [0.29, 0.717) is 12.1 Å². The molecule has 0 saturated heterocycles. The molecule has 1 heterocycles. The van der Waals surface area contributed by atoms with E-state index in [2.05, 4.69) is 15.7 Å². The van der Waals surface area contributed by atoms with E-state index in [1.54, 1.807) is 16.9 Å². The summed E-state index contributed by atoms with van der Waals surface area (Å²) < 4.78 is 1.65. The maximum absolute atomic E-state index is 12.5. The van der Waals surface area contributed by atoms with E-state index in [1.807, 2.05) is 37.3 Å². The molecule has 1 aliphatic carbocycles. The van der Waals surface area contributed by atoms with Gasteiger partial charge in [-0.2, -0.15) is 5.10 Å². The highest BCUT2D eigenvalue weighted by molar-refractivity contribution is 5.96. The molecule has 1 unspecified atom stereocenters. The van der Waals surface area contributed by atoms with Crippen molar-refractivity contribution < 1.29 is 9.59 Å². The number of benzene rings is 1. The molecule has 1 aliphatic rings. The van der Waals surface area contributed by atoms with Crippen molar-refractivity contribution in [3.8, 4) is 5.69 Å². The van der Waals surface area contributed by atoms with E-state index >= 15 is 0 Å². The number of hydrogen-bond acceptors (Lipinski definition) is 3. The van der Waals surface area contributed by atoms with Gasteiger partial charge in [-0.05, 0) is 37.5 Å². The minimum Gasteiger partial charge on any atom is -0.352 e. The standard InChI is InChI=1S/C20H26N4O2/c1-2-17(19(25)21-15-9-5-3-6-10-15)22-20(26)18-13-14-24(23-18)16-11-7-4-8-12-16/h4,7-8,11-15,17H,2-3,5-6,9-10H2,1H3,(H,21,25)(H,22,26). The zero-order valence-electron chi connectivity index (χ0n) is 15.1. The van der Waals surface area contributed by atoms with Gasteiger partial charge in [-0.25, -0.2) is 4.68 Å². The molecule has 6 nitrogen and oxygen atoms in total. The molecule has 0 spiro atoms. The molecule has 26 heavy (non-hydrogen) atoms. The van der Waals surface area contributed by atoms with Crippen LogP contribution in [0.1, 0.15) is 55.9 Å². The zero-order valence-corrected chi connectivity index (χ0v) is 15.1. The summed E-state index contributed by atoms with van der Waals surface area (Å²) in [5.41, 5.74) is 1.19. The molecule has 138 valence electrons. The number of amides is 2. The summed E-state index contributed by atoms with van der Waals surface area (Å²) in [5, 5.41) is 10.2. The third-order valence-corrected chi connectivity index (χ3v) is 4.82. The summed E-state index contributed by atoms with van der Waals surface area (Å²) in [5.74, 6) is -0.430. The fourth-order valence-electron chi connectivity index (χ4n) is 3.30. The van der Waals surface area contributed by atoms with Gasteiger partial charge in [-0.15, -0.1) is 0 Å². The number of nitrogens with zero attached hydrogens (tertiary/aromatic N) is 2. The van der Waals surface area contributed by atoms with Gasteiger partial charge in [0, 0.05) is 12.2 Å². The molecule has 2 amide bonds. The first kappa shape index (κ1) is 18.2. The van der Waals surface area contributed by atoms with Gasteiger partial charge in [-0.3, -0.25) is 9.59 Å². The maximum Gasteiger partial charge on any atom is 0.272 e. The van der Waals surface area contributed by atoms with Crippen molar-refractivity contribution >= 4 is 11.8 Å². The predicted octanol–water partition coefficient (Wildman–Crippen LogP) is 2.83. The first-order valence-corrected chi connectivity index (χ1v) is 9.39. The summed E-state index contributed by atoms with van der Waals surface area (Å²) in [6.07, 6.45) is 7.90. The quantitative estimate of drug-likeness (QED) is 0.837. The second-order valence-corrected chi connectivity index (χ2v) is 6.76. The van der Waals surface area contributed by atoms with Crippen LogP contribution in [-0.2, 0) is 4.79 Å². The van der Waals surface area contributed by atoms with Gasteiger partial charge < -0.3 is 10.6 Å². The molecular weight excluding hydrogens is 328 g/mol. The predicted molar refractivity (Wildman–Crippen MR) is 100 cm³/mol. The van der Waals surface area contributed by atoms with Crippen LogP contribution in [0.15, 0.2) is 42.6 Å². The van der Waals surface area contributed by atoms with Gasteiger partial charge in [0.05, 0.1) is 5.69 Å². The lowest BCUT2D eigenvalue weighted by atomic mass is 9.95. The third kappa shape index (κ3) is 4.50. The molecule has 0 radical (unpaired) electrons. The molecule has 1 aromatic heterocycles. The highest BCUT2D eigenvalue weighted by Crippen LogP contribution is 2.17. The Bertz CT molecular complexity index is 735. The Morgan fingerprint density at radius 3 is 2.58 bits per heavy atom. The first-order valence-electron chi connectivity index (χ1n) is 9.39. The van der Waals surface area contributed by atoms with Crippen molar-refractivity contribution in [3.63, 3.8) is 0 Å². The molecule has 0 bridgehead atoms. The van der Waals surface area contributed by atoms with Crippen molar-refractivity contribution in [1.82, 2.24) is 20.4 Å². The molecule has 2 N–H and O–H groups in total. The molecular formula is C20H26N4O2. The number of hydrogen-bond donors (Lipinski definition) is 2. The van der Waals surface area contributed by atoms with E-state index in [1.165, 1.54) is 6.42 Å². The smallest absolute Gasteiger partial charge is 0.272 e. The van der Waals surface area contributed by atoms with Crippen LogP contribution < -0.4 is 10.6 Å². The van der Waals surface area contributed by atoms with Crippen molar-refractivity contribution in [3.05, 3.63) is 48.3 Å². The average Bonchev–Trinajstić information content (AvgIpc) is 3.17. The molecule has 0 aliphatic heterocycles. The van der Waals surface area contributed by atoms with E-state index in [9.17, 15) is 9.59 Å². The maximum atomic E-state index is 12.5. The summed E-state index contributed by atoms with van der Waals surface area (Å²) >= 11 is 0. The van der Waals surface area contributed by atoms with Crippen molar-refractivity contribution in [1.29, 1.82) is 0 Å². The Labute approximate surface area is 154 Å². The number of aromatic nitrogens is 2. The minimum atomic E-state index is -0.536. The van der Waals surface area contributed by atoms with E-state index < -0.39 is 6.04 Å². The Balaban J connectivity index is 1.60. The van der Waals surface area contributed by atoms with Crippen LogP contribution in [0.3, 0.4) is 0 Å². The van der Waals surface area contributed by atoms with Crippen LogP contribution in [-0.4, -0.2) is 33.7 Å². The minimum absolute atomic E-state index is 0.102. The van der Waals surface area contributed by atoms with Crippen LogP contribution in [0.5, 0.6) is 0 Å². The zero-order chi connectivity index (χ0) is 18.4. The highest BCUT2D eigenvalue weighted by Gasteiger charge is 2.24. The van der Waals surface area contributed by atoms with Crippen LogP contribution in [0, 0.1) is 0 Å². The van der Waals surface area contributed by atoms with Crippen molar-refractivity contribution in [2.45, 2.75) is 57.5 Å². The SMILES string of the molecule is CCC(NC(=O)c1ccn(-c2ccccc2)n1)C(=O)NC1CCCCC1. The third-order valence-electron chi connectivity index (χ3n) is 4.82. The Morgan fingerprint density at radius 1 is 1.15 bits per heavy atom. The molecule has 1 atom stereocenters. The molecule has 2 aromatic rings. The number of carbonyl (C=O) groups is 2. The van der Waals surface area contributed by atoms with Crippen LogP contribution in [0.2, 0.25) is 0 Å². The molecule has 1 fully saturated rings. The average molecular weight is 354 g/mol. The fraction of sp³-hybridized carbons (Fsp3) is 0.450. The lowest BCUT2D eigenvalue weighted by Crippen LogP contribution is -2.49. The normalized spacial score (nSPS) is 16.0. The van der Waals surface area contributed by atoms with Gasteiger partial charge in [0.1, 0.15) is 6.04 Å². The van der Waals surface area contributed by atoms with Crippen LogP contribution in [0.4, 0.5) is 0 Å². The largest absolute Gasteiger partial charge is 0.352 e. The number of nitrogens with one attached hydrogen (secondary N) is 2. The Morgan fingerprint density at radius 2 is 1.88 bits per heavy atom. The highest BCUT2D eigenvalue weighted by atomic mass is 16.2. The van der Waals surface area contributed by atoms with Crippen LogP contribution >= 0.6 is 0 Å². The number of para-hydroxylation sites is 1. The monoisotopic (exact) mass is 354 g/mol. The summed E-state index contributed by atoms with van der Waals surface area (Å²) in [4.78, 5) is 25.0. The first-order chi connectivity index (χ1) is 12.7. The molecule has 1 saturated carbocycles. The molecule has 3 rings (SSSR count). The second-order valence-electron chi connectivity index (χ2n) is 6.76. The molecule has 6 heteroatoms. The Kier molecular flexibility index (Phi) is 6.04. The van der Waals surface area contributed by atoms with Gasteiger partial charge in [0.2, 0.25) is 5.91 Å². The van der Waals surface area contributed by atoms with E-state index in [-0.39, 0.29) is 17.9 Å². The molecule has 1 aromatic carbocycles. The summed E-state index contributed by atoms with van der Waals surface area (Å²) in [6.45, 7) is 1.90. The lowest BCUT2D eigenvalue weighted by molar-refractivity contribution is -0.124. The lowest BCUT2D eigenvalue weighted by Gasteiger charge is -2.25. The Hall–Kier alpha value is -2.63. The fourth-order valence-corrected chi connectivity index (χ4v) is 3.30. The summed E-state index contributed by atoms with van der Waals surface area (Å²) in [6, 6.07) is 11.0. The van der Waals surface area contributed by atoms with Gasteiger partial charge in [0.15, 0.2) is 5.69 Å². The second kappa shape index (κ2) is 8.65. The van der Waals surface area contributed by atoms with Gasteiger partial charge in [-0.1, -0.05) is 44.4 Å². The number of rotatable bonds is 6. The van der Waals surface area contributed by atoms with Crippen molar-refractivity contribution in [2.24, 2.45) is 0 Å². The van der Waals surface area contributed by atoms with Gasteiger partial charge >= 0.3 is 0 Å². The topological polar surface area (TPSA) is 76.0 Å².